The van der Waals surface area contributed by atoms with Crippen LogP contribution in [0, 0.1) is 17.2 Å². The van der Waals surface area contributed by atoms with E-state index in [1.165, 1.54) is 0 Å². The summed E-state index contributed by atoms with van der Waals surface area (Å²) in [4.78, 5) is 19.8. The maximum Gasteiger partial charge on any atom is 0.244 e. The predicted octanol–water partition coefficient (Wildman–Crippen LogP) is 0.987. The third-order valence-electron chi connectivity index (χ3n) is 2.36. The van der Waals surface area contributed by atoms with Gasteiger partial charge in [-0.05, 0) is 0 Å². The molecule has 1 aromatic heterocycles. The van der Waals surface area contributed by atoms with Crippen molar-refractivity contribution in [2.45, 2.75) is 20.3 Å². The summed E-state index contributed by atoms with van der Waals surface area (Å²) in [5.74, 6) is 0.191. The first-order valence-corrected chi connectivity index (χ1v) is 6.15. The van der Waals surface area contributed by atoms with Crippen molar-refractivity contribution in [1.82, 2.24) is 9.97 Å². The second-order valence-electron chi connectivity index (χ2n) is 4.27. The van der Waals surface area contributed by atoms with E-state index < -0.39 is 0 Å². The number of anilines is 3. The number of hydrogen-bond acceptors (Lipinski definition) is 7. The Hall–Kier alpha value is -2.56. The number of carbonyl (C=O) groups is 1. The third kappa shape index (κ3) is 3.98. The van der Waals surface area contributed by atoms with Gasteiger partial charge in [0, 0.05) is 13.0 Å². The lowest BCUT2D eigenvalue weighted by atomic mass is 10.2. The minimum Gasteiger partial charge on any atom is -0.475 e. The van der Waals surface area contributed by atoms with Gasteiger partial charge in [-0.25, -0.2) is 0 Å². The Labute approximate surface area is 117 Å². The normalized spacial score (nSPS) is 9.95. The van der Waals surface area contributed by atoms with Gasteiger partial charge in [-0.3, -0.25) is 10.1 Å². The van der Waals surface area contributed by atoms with Crippen LogP contribution < -0.4 is 21.1 Å². The van der Waals surface area contributed by atoms with Gasteiger partial charge in [0.2, 0.25) is 17.7 Å². The number of nitriles is 1. The van der Waals surface area contributed by atoms with E-state index in [4.69, 9.17) is 15.7 Å². The highest BCUT2D eigenvalue weighted by atomic mass is 16.5. The predicted molar refractivity (Wildman–Crippen MR) is 75.2 cm³/mol. The lowest BCUT2D eigenvalue weighted by Gasteiger charge is -2.13. The fourth-order valence-electron chi connectivity index (χ4n) is 1.25. The van der Waals surface area contributed by atoms with Crippen LogP contribution in [0.15, 0.2) is 0 Å². The number of nitrogens with two attached hydrogens (primary N) is 1. The van der Waals surface area contributed by atoms with E-state index in [9.17, 15) is 4.79 Å². The van der Waals surface area contributed by atoms with E-state index in [0.717, 1.165) is 0 Å². The zero-order chi connectivity index (χ0) is 15.1. The summed E-state index contributed by atoms with van der Waals surface area (Å²) in [6.07, 6.45) is 0.214. The molecule has 0 spiro atoms. The van der Waals surface area contributed by atoms with E-state index in [2.05, 4.69) is 20.6 Å². The molecule has 1 amide bonds. The molecule has 4 N–H and O–H groups in total. The molecular weight excluding hydrogens is 260 g/mol. The van der Waals surface area contributed by atoms with Crippen LogP contribution in [0.4, 0.5) is 17.5 Å². The highest BCUT2D eigenvalue weighted by molar-refractivity contribution is 5.91. The SMILES string of the molecule is CNc1nc(NC(=O)C(C)C)nc(OCCC#N)c1N. The number of nitrogens with zero attached hydrogens (tertiary/aromatic N) is 3. The standard InChI is InChI=1S/C12H18N6O2/c1-7(2)10(19)17-12-16-9(15-3)8(14)11(18-12)20-6-4-5-13/h7H,4,6,14H2,1-3H3,(H2,15,16,17,18,19). The highest BCUT2D eigenvalue weighted by Gasteiger charge is 2.15. The van der Waals surface area contributed by atoms with E-state index in [0.29, 0.717) is 5.82 Å². The lowest BCUT2D eigenvalue weighted by molar-refractivity contribution is -0.118. The molecule has 20 heavy (non-hydrogen) atoms. The Bertz CT molecular complexity index is 523. The van der Waals surface area contributed by atoms with E-state index >= 15 is 0 Å². The number of nitrogen functional groups attached to an aromatic ring is 1. The van der Waals surface area contributed by atoms with Crippen LogP contribution in [0.3, 0.4) is 0 Å². The molecule has 8 nitrogen and oxygen atoms in total. The van der Waals surface area contributed by atoms with Crippen molar-refractivity contribution in [2.75, 3.05) is 30.0 Å². The van der Waals surface area contributed by atoms with Crippen molar-refractivity contribution < 1.29 is 9.53 Å². The van der Waals surface area contributed by atoms with Crippen molar-refractivity contribution >= 4 is 23.4 Å². The Morgan fingerprint density at radius 2 is 2.20 bits per heavy atom. The molecule has 1 aromatic rings. The average molecular weight is 278 g/mol. The molecule has 0 unspecified atom stereocenters. The smallest absolute Gasteiger partial charge is 0.244 e. The minimum absolute atomic E-state index is 0.106. The van der Waals surface area contributed by atoms with Gasteiger partial charge in [0.15, 0.2) is 5.82 Å². The monoisotopic (exact) mass is 278 g/mol. The minimum atomic E-state index is -0.209. The van der Waals surface area contributed by atoms with Crippen LogP contribution in [0.25, 0.3) is 0 Å². The van der Waals surface area contributed by atoms with Gasteiger partial charge >= 0.3 is 0 Å². The molecule has 0 aliphatic carbocycles. The summed E-state index contributed by atoms with van der Waals surface area (Å²) >= 11 is 0. The van der Waals surface area contributed by atoms with Crippen molar-refractivity contribution in [1.29, 1.82) is 5.26 Å². The Kier molecular flexibility index (Phi) is 5.53. The molecule has 0 bridgehead atoms. The zero-order valence-corrected chi connectivity index (χ0v) is 11.7. The number of nitrogens with one attached hydrogen (secondary N) is 2. The van der Waals surface area contributed by atoms with Gasteiger partial charge in [0.25, 0.3) is 0 Å². The van der Waals surface area contributed by atoms with E-state index in [1.807, 2.05) is 6.07 Å². The molecule has 0 atom stereocenters. The molecule has 0 aliphatic rings. The molecule has 0 saturated carbocycles. The second-order valence-corrected chi connectivity index (χ2v) is 4.27. The van der Waals surface area contributed by atoms with Gasteiger partial charge in [0.1, 0.15) is 12.3 Å². The summed E-state index contributed by atoms with van der Waals surface area (Å²) in [7, 11) is 1.64. The van der Waals surface area contributed by atoms with Crippen LogP contribution in [-0.2, 0) is 4.79 Å². The van der Waals surface area contributed by atoms with Gasteiger partial charge in [-0.15, -0.1) is 0 Å². The Morgan fingerprint density at radius 3 is 2.75 bits per heavy atom. The molecule has 1 heterocycles. The highest BCUT2D eigenvalue weighted by Crippen LogP contribution is 2.27. The van der Waals surface area contributed by atoms with Crippen molar-refractivity contribution in [3.05, 3.63) is 0 Å². The average Bonchev–Trinajstić information content (AvgIpc) is 2.41. The Morgan fingerprint density at radius 1 is 1.50 bits per heavy atom. The number of amides is 1. The fraction of sp³-hybridized carbons (Fsp3) is 0.500. The maximum atomic E-state index is 11.6. The molecule has 0 fully saturated rings. The van der Waals surface area contributed by atoms with E-state index in [1.54, 1.807) is 20.9 Å². The molecular formula is C12H18N6O2. The number of rotatable bonds is 6. The molecule has 1 rings (SSSR count). The zero-order valence-electron chi connectivity index (χ0n) is 11.7. The summed E-state index contributed by atoms with van der Waals surface area (Å²) in [6.45, 7) is 3.68. The first kappa shape index (κ1) is 15.5. The van der Waals surface area contributed by atoms with Gasteiger partial charge in [0.05, 0.1) is 12.5 Å². The summed E-state index contributed by atoms with van der Waals surface area (Å²) in [6, 6.07) is 1.95. The number of hydrogen-bond donors (Lipinski definition) is 3. The van der Waals surface area contributed by atoms with Crippen molar-refractivity contribution in [2.24, 2.45) is 5.92 Å². The number of ether oxygens (including phenoxy) is 1. The van der Waals surface area contributed by atoms with Crippen LogP contribution in [0.1, 0.15) is 20.3 Å². The second kappa shape index (κ2) is 7.13. The number of aromatic nitrogens is 2. The summed E-state index contributed by atoms with van der Waals surface area (Å²) in [5.41, 5.74) is 6.06. The maximum absolute atomic E-state index is 11.6. The van der Waals surface area contributed by atoms with Gasteiger partial charge < -0.3 is 15.8 Å². The topological polar surface area (TPSA) is 126 Å². The summed E-state index contributed by atoms with van der Waals surface area (Å²) in [5, 5.41) is 13.9. The molecule has 0 radical (unpaired) electrons. The quantitative estimate of drug-likeness (QED) is 0.662. The molecule has 0 aromatic carbocycles. The van der Waals surface area contributed by atoms with Crippen molar-refractivity contribution in [3.8, 4) is 11.9 Å². The molecule has 0 aliphatic heterocycles. The molecule has 108 valence electrons. The first-order valence-electron chi connectivity index (χ1n) is 6.15. The molecule has 0 saturated heterocycles. The first-order chi connectivity index (χ1) is 9.49. The van der Waals surface area contributed by atoms with E-state index in [-0.39, 0.29) is 42.4 Å². The van der Waals surface area contributed by atoms with Crippen LogP contribution in [0.5, 0.6) is 5.88 Å². The van der Waals surface area contributed by atoms with Gasteiger partial charge in [-0.1, -0.05) is 13.8 Å². The largest absolute Gasteiger partial charge is 0.475 e. The third-order valence-corrected chi connectivity index (χ3v) is 2.36. The fourth-order valence-corrected chi connectivity index (χ4v) is 1.25. The van der Waals surface area contributed by atoms with Crippen LogP contribution >= 0.6 is 0 Å². The lowest BCUT2D eigenvalue weighted by Crippen LogP contribution is -2.20. The van der Waals surface area contributed by atoms with Gasteiger partial charge in [-0.2, -0.15) is 15.2 Å². The number of carbonyl (C=O) groups excluding carboxylic acids is 1. The summed E-state index contributed by atoms with van der Waals surface area (Å²) < 4.78 is 5.31. The van der Waals surface area contributed by atoms with Crippen molar-refractivity contribution in [3.63, 3.8) is 0 Å². The molecule has 8 heteroatoms. The van der Waals surface area contributed by atoms with Crippen LogP contribution in [-0.4, -0.2) is 29.5 Å². The Balaban J connectivity index is 2.99. The van der Waals surface area contributed by atoms with Crippen LogP contribution in [0.2, 0.25) is 0 Å².